The second kappa shape index (κ2) is 11.6. The summed E-state index contributed by atoms with van der Waals surface area (Å²) in [5.41, 5.74) is 2.19. The maximum atomic E-state index is 15.2. The van der Waals surface area contributed by atoms with Gasteiger partial charge in [0.1, 0.15) is 29.6 Å². The number of nitriles is 1. The zero-order valence-corrected chi connectivity index (χ0v) is 23.2. The molecule has 1 aliphatic carbocycles. The number of ether oxygens (including phenoxy) is 1. The highest BCUT2D eigenvalue weighted by Crippen LogP contribution is 2.50. The Bertz CT molecular complexity index is 1800. The summed E-state index contributed by atoms with van der Waals surface area (Å²) in [6.45, 7) is 5.89. The minimum Gasteiger partial charge on any atom is -0.454 e. The molecule has 2 N–H and O–H groups in total. The van der Waals surface area contributed by atoms with Crippen LogP contribution in [0.2, 0.25) is 0 Å². The third-order valence-corrected chi connectivity index (χ3v) is 7.67. The molecular formula is C33H29F3N4O2. The first kappa shape index (κ1) is 28.7. The second-order valence-corrected chi connectivity index (χ2v) is 10.5. The number of imidazole rings is 1. The fourth-order valence-electron chi connectivity index (χ4n) is 5.29. The monoisotopic (exact) mass is 570 g/mol. The van der Waals surface area contributed by atoms with E-state index in [1.54, 1.807) is 19.2 Å². The lowest BCUT2D eigenvalue weighted by Gasteiger charge is -2.21. The summed E-state index contributed by atoms with van der Waals surface area (Å²) in [6, 6.07) is 15.9. The number of hydrogen-bond acceptors (Lipinski definition) is 4. The molecule has 0 radical (unpaired) electrons. The Balaban J connectivity index is 0.00000173. The van der Waals surface area contributed by atoms with E-state index >= 15 is 8.78 Å². The highest BCUT2D eigenvalue weighted by atomic mass is 19.2. The van der Waals surface area contributed by atoms with Crippen molar-refractivity contribution in [2.45, 2.75) is 50.9 Å². The molecular weight excluding hydrogens is 541 g/mol. The van der Waals surface area contributed by atoms with Crippen molar-refractivity contribution in [2.24, 2.45) is 0 Å². The van der Waals surface area contributed by atoms with Crippen LogP contribution in [0.15, 0.2) is 60.9 Å². The van der Waals surface area contributed by atoms with Crippen molar-refractivity contribution in [1.29, 1.82) is 5.26 Å². The number of H-pyrrole nitrogens is 2. The summed E-state index contributed by atoms with van der Waals surface area (Å²) in [5.74, 6) is -2.47. The van der Waals surface area contributed by atoms with E-state index in [-0.39, 0.29) is 34.3 Å². The van der Waals surface area contributed by atoms with Crippen LogP contribution >= 0.6 is 0 Å². The molecule has 214 valence electrons. The first-order chi connectivity index (χ1) is 20.3. The van der Waals surface area contributed by atoms with Gasteiger partial charge in [-0.2, -0.15) is 9.65 Å². The lowest BCUT2D eigenvalue weighted by molar-refractivity contribution is -0.0980. The first-order valence-corrected chi connectivity index (χ1v) is 13.6. The summed E-state index contributed by atoms with van der Waals surface area (Å²) in [6.07, 6.45) is 6.68. The molecule has 3 aromatic carbocycles. The van der Waals surface area contributed by atoms with Gasteiger partial charge in [0.2, 0.25) is 5.82 Å². The molecule has 5 aromatic rings. The maximum absolute atomic E-state index is 15.2. The number of hydrogen-bond donors (Lipinski definition) is 2. The smallest absolute Gasteiger partial charge is 0.203 e. The zero-order chi connectivity index (χ0) is 30.0. The maximum Gasteiger partial charge on any atom is 0.203 e. The lowest BCUT2D eigenvalue weighted by atomic mass is 9.80. The van der Waals surface area contributed by atoms with Gasteiger partial charge in [0.15, 0.2) is 11.6 Å². The van der Waals surface area contributed by atoms with Gasteiger partial charge in [0, 0.05) is 17.1 Å². The summed E-state index contributed by atoms with van der Waals surface area (Å²) in [7, 11) is 0. The lowest BCUT2D eigenvalue weighted by Crippen LogP contribution is -2.22. The molecule has 2 heterocycles. The van der Waals surface area contributed by atoms with E-state index in [0.29, 0.717) is 16.6 Å². The third-order valence-electron chi connectivity index (χ3n) is 7.67. The number of nitrogens with zero attached hydrogens (tertiary/aromatic N) is 2. The molecule has 6 nitrogen and oxygen atoms in total. The van der Waals surface area contributed by atoms with Gasteiger partial charge in [-0.05, 0) is 67.5 Å². The number of fused-ring (bicyclic) bond motifs is 1. The minimum absolute atomic E-state index is 0.0652. The van der Waals surface area contributed by atoms with Gasteiger partial charge in [0.05, 0.1) is 29.0 Å². The largest absolute Gasteiger partial charge is 0.454 e. The van der Waals surface area contributed by atoms with Crippen molar-refractivity contribution in [2.75, 3.05) is 0 Å². The molecule has 1 aliphatic rings. The molecule has 0 saturated heterocycles. The van der Waals surface area contributed by atoms with E-state index < -0.39 is 22.9 Å². The molecule has 0 bridgehead atoms. The Labute approximate surface area is 241 Å². The number of benzene rings is 3. The topological polar surface area (TPSA) is 94.6 Å². The van der Waals surface area contributed by atoms with E-state index in [4.69, 9.17) is 9.53 Å². The van der Waals surface area contributed by atoms with Gasteiger partial charge in [-0.15, -0.1) is 0 Å². The Morgan fingerprint density at radius 1 is 1.12 bits per heavy atom. The average molecular weight is 571 g/mol. The Morgan fingerprint density at radius 3 is 2.62 bits per heavy atom. The zero-order valence-electron chi connectivity index (χ0n) is 23.2. The van der Waals surface area contributed by atoms with Crippen LogP contribution in [0.1, 0.15) is 61.4 Å². The van der Waals surface area contributed by atoms with Crippen LogP contribution in [-0.2, 0) is 16.6 Å². The normalized spacial score (nSPS) is 14.1. The number of aromatic amines is 2. The number of carbonyl (C=O) groups is 1. The van der Waals surface area contributed by atoms with Gasteiger partial charge in [-0.25, -0.2) is 13.8 Å². The van der Waals surface area contributed by atoms with Crippen molar-refractivity contribution in [3.8, 4) is 29.0 Å². The first-order valence-electron chi connectivity index (χ1n) is 13.6. The number of carbonyl (C=O) groups excluding carboxylic acids is 1. The van der Waals surface area contributed by atoms with E-state index in [1.165, 1.54) is 24.4 Å². The van der Waals surface area contributed by atoms with Crippen LogP contribution in [0.4, 0.5) is 13.2 Å². The Kier molecular flexibility index (Phi) is 7.90. The minimum atomic E-state index is -1.09. The fraction of sp³-hybridized carbons (Fsp3) is 0.242. The summed E-state index contributed by atoms with van der Waals surface area (Å²) < 4.78 is 51.0. The molecule has 1 atom stereocenters. The van der Waals surface area contributed by atoms with Gasteiger partial charge in [-0.3, -0.25) is 0 Å². The molecule has 0 aliphatic heterocycles. The van der Waals surface area contributed by atoms with Crippen molar-refractivity contribution in [1.82, 2.24) is 15.0 Å². The predicted octanol–water partition coefficient (Wildman–Crippen LogP) is 8.24. The van der Waals surface area contributed by atoms with Crippen LogP contribution in [0, 0.1) is 28.8 Å². The van der Waals surface area contributed by atoms with Crippen molar-refractivity contribution in [3.63, 3.8) is 0 Å². The number of halogens is 3. The number of aryl methyl sites for hydroxylation is 1. The Hall–Kier alpha value is -4.84. The molecule has 1 saturated carbocycles. The predicted molar refractivity (Wildman–Crippen MR) is 154 cm³/mol. The molecule has 9 heteroatoms. The van der Waals surface area contributed by atoms with Crippen LogP contribution in [0.5, 0.6) is 11.5 Å². The van der Waals surface area contributed by atoms with Crippen molar-refractivity contribution in [3.05, 3.63) is 101 Å². The highest BCUT2D eigenvalue weighted by Gasteiger charge is 2.34. The number of nitrogens with one attached hydrogen (secondary N) is 2. The summed E-state index contributed by atoms with van der Waals surface area (Å²) in [4.78, 5) is 18.3. The van der Waals surface area contributed by atoms with E-state index in [0.717, 1.165) is 36.8 Å². The van der Waals surface area contributed by atoms with Crippen molar-refractivity contribution >= 4 is 17.7 Å². The molecule has 0 spiro atoms. The quantitative estimate of drug-likeness (QED) is 0.196. The molecule has 0 amide bonds. The summed E-state index contributed by atoms with van der Waals surface area (Å²) in [5, 5.41) is 10.8. The highest BCUT2D eigenvalue weighted by molar-refractivity contribution is 5.87. The van der Waals surface area contributed by atoms with Crippen LogP contribution in [0.25, 0.3) is 22.3 Å². The van der Waals surface area contributed by atoms with Crippen LogP contribution < -0.4 is 4.74 Å². The third kappa shape index (κ3) is 5.05. The van der Waals surface area contributed by atoms with Crippen LogP contribution in [-0.4, -0.2) is 21.7 Å². The number of aromatic nitrogens is 3. The van der Waals surface area contributed by atoms with Gasteiger partial charge < -0.3 is 19.5 Å². The standard InChI is InChI=1S/C32H27F3N4O.CH2O/c1-3-5-18-6-4-7-20(14-18)32(2,17-36)25-16-38-31(39-25)23-15-21(10-11-24(23)33)40-30-26(19-8-9-19)22-12-13-37-29(22)27(34)28(30)35;1-2/h4,6-7,10-16,19,37H,3,5,8-9H2,1-2H3,(H,38,39);1H2. The van der Waals surface area contributed by atoms with Crippen molar-refractivity contribution < 1.29 is 22.7 Å². The molecule has 1 fully saturated rings. The Morgan fingerprint density at radius 2 is 1.90 bits per heavy atom. The second-order valence-electron chi connectivity index (χ2n) is 10.5. The van der Waals surface area contributed by atoms with Gasteiger partial charge in [0.25, 0.3) is 0 Å². The van der Waals surface area contributed by atoms with E-state index in [2.05, 4.69) is 27.9 Å². The SMILES string of the molecule is C=O.CCCc1cccc(C(C)(C#N)c2cnc(-c3cc(Oc4c(F)c(F)c5[nH]ccc5c4C4CC4)ccc3F)[nH]2)c1. The van der Waals surface area contributed by atoms with E-state index in [1.807, 2.05) is 31.1 Å². The molecule has 1 unspecified atom stereocenters. The molecule has 2 aromatic heterocycles. The number of rotatable bonds is 8. The fourth-order valence-corrected chi connectivity index (χ4v) is 5.29. The van der Waals surface area contributed by atoms with Gasteiger partial charge in [-0.1, -0.05) is 37.6 Å². The summed E-state index contributed by atoms with van der Waals surface area (Å²) >= 11 is 0. The molecule has 6 rings (SSSR count). The van der Waals surface area contributed by atoms with Crippen LogP contribution in [0.3, 0.4) is 0 Å². The van der Waals surface area contributed by atoms with Gasteiger partial charge >= 0.3 is 0 Å². The van der Waals surface area contributed by atoms with E-state index in [9.17, 15) is 9.65 Å². The average Bonchev–Trinajstić information content (AvgIpc) is 3.50. The molecule has 42 heavy (non-hydrogen) atoms.